The van der Waals surface area contributed by atoms with Gasteiger partial charge in [0.15, 0.2) is 0 Å². The van der Waals surface area contributed by atoms with Crippen LogP contribution in [0.25, 0.3) is 0 Å². The maximum atomic E-state index is 9.06. The predicted octanol–water partition coefficient (Wildman–Crippen LogP) is 2.50. The molecular formula is C11H22O2. The molecule has 0 aromatic carbocycles. The first-order valence-electron chi connectivity index (χ1n) is 5.58. The Morgan fingerprint density at radius 3 is 2.38 bits per heavy atom. The molecule has 0 amide bonds. The molecule has 2 heteroatoms. The molecule has 0 spiro atoms. The molecule has 0 heterocycles. The molecule has 1 saturated carbocycles. The van der Waals surface area contributed by atoms with Crippen LogP contribution in [0.5, 0.6) is 0 Å². The van der Waals surface area contributed by atoms with E-state index in [0.29, 0.717) is 6.10 Å². The minimum Gasteiger partial charge on any atom is -0.393 e. The molecule has 0 aliphatic heterocycles. The molecule has 1 aliphatic rings. The monoisotopic (exact) mass is 186 g/mol. The summed E-state index contributed by atoms with van der Waals surface area (Å²) in [6.07, 6.45) is 8.86. The van der Waals surface area contributed by atoms with Crippen LogP contribution in [0.15, 0.2) is 0 Å². The zero-order valence-electron chi connectivity index (χ0n) is 8.67. The van der Waals surface area contributed by atoms with Crippen molar-refractivity contribution in [3.05, 3.63) is 0 Å². The summed E-state index contributed by atoms with van der Waals surface area (Å²) in [5, 5.41) is 9.06. The third kappa shape index (κ3) is 5.27. The normalized spacial score (nSPS) is 22.6. The van der Waals surface area contributed by atoms with Gasteiger partial charge in [-0.1, -0.05) is 25.7 Å². The van der Waals surface area contributed by atoms with E-state index in [2.05, 4.69) is 0 Å². The lowest BCUT2D eigenvalue weighted by molar-refractivity contribution is 0.0237. The second-order valence-corrected chi connectivity index (χ2v) is 4.12. The second kappa shape index (κ2) is 6.39. The van der Waals surface area contributed by atoms with Crippen molar-refractivity contribution in [2.75, 3.05) is 6.61 Å². The van der Waals surface area contributed by atoms with Crippen molar-refractivity contribution in [2.45, 2.75) is 64.1 Å². The Morgan fingerprint density at radius 1 is 1.23 bits per heavy atom. The third-order valence-corrected chi connectivity index (χ3v) is 2.69. The SMILES string of the molecule is CC(O)CCOC1CCCCCC1. The average molecular weight is 186 g/mol. The van der Waals surface area contributed by atoms with Crippen LogP contribution >= 0.6 is 0 Å². The fourth-order valence-corrected chi connectivity index (χ4v) is 1.81. The van der Waals surface area contributed by atoms with Gasteiger partial charge in [0, 0.05) is 6.61 Å². The van der Waals surface area contributed by atoms with Crippen LogP contribution in [0.2, 0.25) is 0 Å². The molecule has 13 heavy (non-hydrogen) atoms. The Bertz CT molecular complexity index is 115. The molecule has 78 valence electrons. The van der Waals surface area contributed by atoms with Crippen molar-refractivity contribution in [1.82, 2.24) is 0 Å². The molecule has 0 bridgehead atoms. The number of rotatable bonds is 4. The third-order valence-electron chi connectivity index (χ3n) is 2.69. The quantitative estimate of drug-likeness (QED) is 0.683. The Labute approximate surface area is 81.3 Å². The van der Waals surface area contributed by atoms with Crippen molar-refractivity contribution in [1.29, 1.82) is 0 Å². The Kier molecular flexibility index (Phi) is 5.40. The van der Waals surface area contributed by atoms with Gasteiger partial charge < -0.3 is 9.84 Å². The molecule has 0 saturated heterocycles. The van der Waals surface area contributed by atoms with Gasteiger partial charge in [0.1, 0.15) is 0 Å². The minimum absolute atomic E-state index is 0.217. The topological polar surface area (TPSA) is 29.5 Å². The van der Waals surface area contributed by atoms with Gasteiger partial charge in [-0.3, -0.25) is 0 Å². The highest BCUT2D eigenvalue weighted by molar-refractivity contribution is 4.64. The van der Waals surface area contributed by atoms with E-state index in [9.17, 15) is 0 Å². The lowest BCUT2D eigenvalue weighted by Gasteiger charge is -2.15. The molecule has 1 unspecified atom stereocenters. The van der Waals surface area contributed by atoms with Crippen molar-refractivity contribution in [2.24, 2.45) is 0 Å². The summed E-state index contributed by atoms with van der Waals surface area (Å²) in [4.78, 5) is 0. The standard InChI is InChI=1S/C11H22O2/c1-10(12)8-9-13-11-6-4-2-3-5-7-11/h10-12H,2-9H2,1H3. The van der Waals surface area contributed by atoms with E-state index >= 15 is 0 Å². The molecule has 1 rings (SSSR count). The van der Waals surface area contributed by atoms with Crippen LogP contribution in [-0.4, -0.2) is 23.9 Å². The summed E-state index contributed by atoms with van der Waals surface area (Å²) >= 11 is 0. The summed E-state index contributed by atoms with van der Waals surface area (Å²) in [5.74, 6) is 0. The van der Waals surface area contributed by atoms with E-state index in [0.717, 1.165) is 13.0 Å². The summed E-state index contributed by atoms with van der Waals surface area (Å²) in [6.45, 7) is 2.54. The number of aliphatic hydroxyl groups is 1. The fraction of sp³-hybridized carbons (Fsp3) is 1.00. The van der Waals surface area contributed by atoms with E-state index in [1.807, 2.05) is 6.92 Å². The van der Waals surface area contributed by atoms with Gasteiger partial charge in [-0.25, -0.2) is 0 Å². The van der Waals surface area contributed by atoms with E-state index in [1.54, 1.807) is 0 Å². The van der Waals surface area contributed by atoms with Crippen molar-refractivity contribution >= 4 is 0 Å². The molecule has 0 aromatic heterocycles. The average Bonchev–Trinajstić information content (AvgIpc) is 2.32. The highest BCUT2D eigenvalue weighted by Crippen LogP contribution is 2.19. The van der Waals surface area contributed by atoms with E-state index < -0.39 is 0 Å². The van der Waals surface area contributed by atoms with Crippen LogP contribution in [0, 0.1) is 0 Å². The largest absolute Gasteiger partial charge is 0.393 e. The van der Waals surface area contributed by atoms with Crippen LogP contribution in [-0.2, 0) is 4.74 Å². The van der Waals surface area contributed by atoms with E-state index in [4.69, 9.17) is 9.84 Å². The molecule has 1 atom stereocenters. The number of hydrogen-bond acceptors (Lipinski definition) is 2. The van der Waals surface area contributed by atoms with E-state index in [1.165, 1.54) is 38.5 Å². The van der Waals surface area contributed by atoms with Gasteiger partial charge in [-0.15, -0.1) is 0 Å². The molecule has 1 fully saturated rings. The summed E-state index contributed by atoms with van der Waals surface area (Å²) < 4.78 is 5.71. The fourth-order valence-electron chi connectivity index (χ4n) is 1.81. The predicted molar refractivity (Wildman–Crippen MR) is 53.7 cm³/mol. The highest BCUT2D eigenvalue weighted by Gasteiger charge is 2.12. The summed E-state index contributed by atoms with van der Waals surface area (Å²) in [5.41, 5.74) is 0. The molecule has 2 nitrogen and oxygen atoms in total. The van der Waals surface area contributed by atoms with Gasteiger partial charge in [-0.05, 0) is 26.2 Å². The van der Waals surface area contributed by atoms with Gasteiger partial charge in [0.05, 0.1) is 12.2 Å². The number of hydrogen-bond donors (Lipinski definition) is 1. The number of aliphatic hydroxyl groups excluding tert-OH is 1. The first kappa shape index (κ1) is 11.0. The van der Waals surface area contributed by atoms with Crippen LogP contribution in [0.3, 0.4) is 0 Å². The first-order chi connectivity index (χ1) is 6.29. The summed E-state index contributed by atoms with van der Waals surface area (Å²) in [7, 11) is 0. The zero-order valence-corrected chi connectivity index (χ0v) is 8.67. The van der Waals surface area contributed by atoms with Crippen LogP contribution in [0.1, 0.15) is 51.9 Å². The summed E-state index contributed by atoms with van der Waals surface area (Å²) in [6, 6.07) is 0. The first-order valence-corrected chi connectivity index (χ1v) is 5.58. The molecule has 0 radical (unpaired) electrons. The second-order valence-electron chi connectivity index (χ2n) is 4.12. The Hall–Kier alpha value is -0.0800. The van der Waals surface area contributed by atoms with Gasteiger partial charge in [0.25, 0.3) is 0 Å². The van der Waals surface area contributed by atoms with E-state index in [-0.39, 0.29) is 6.10 Å². The molecule has 1 aliphatic carbocycles. The smallest absolute Gasteiger partial charge is 0.0575 e. The van der Waals surface area contributed by atoms with Crippen LogP contribution < -0.4 is 0 Å². The lowest BCUT2D eigenvalue weighted by Crippen LogP contribution is -2.15. The maximum Gasteiger partial charge on any atom is 0.0575 e. The zero-order chi connectivity index (χ0) is 9.52. The van der Waals surface area contributed by atoms with Gasteiger partial charge in [-0.2, -0.15) is 0 Å². The van der Waals surface area contributed by atoms with Crippen LogP contribution in [0.4, 0.5) is 0 Å². The number of ether oxygens (including phenoxy) is 1. The highest BCUT2D eigenvalue weighted by atomic mass is 16.5. The Morgan fingerprint density at radius 2 is 1.85 bits per heavy atom. The van der Waals surface area contributed by atoms with Gasteiger partial charge >= 0.3 is 0 Å². The minimum atomic E-state index is -0.217. The lowest BCUT2D eigenvalue weighted by atomic mass is 10.1. The van der Waals surface area contributed by atoms with Gasteiger partial charge in [0.2, 0.25) is 0 Å². The van der Waals surface area contributed by atoms with Crippen molar-refractivity contribution in [3.8, 4) is 0 Å². The maximum absolute atomic E-state index is 9.06. The van der Waals surface area contributed by atoms with Crippen molar-refractivity contribution < 1.29 is 9.84 Å². The molecule has 1 N–H and O–H groups in total. The molecule has 0 aromatic rings. The Balaban J connectivity index is 2.05. The molecular weight excluding hydrogens is 164 g/mol. The van der Waals surface area contributed by atoms with Crippen molar-refractivity contribution in [3.63, 3.8) is 0 Å².